The van der Waals surface area contributed by atoms with Gasteiger partial charge < -0.3 is 19.5 Å². The Morgan fingerprint density at radius 3 is 3.00 bits per heavy atom. The van der Waals surface area contributed by atoms with E-state index in [1.807, 2.05) is 6.07 Å². The maximum Gasteiger partial charge on any atom is 0.337 e. The van der Waals surface area contributed by atoms with E-state index in [2.05, 4.69) is 9.88 Å². The first kappa shape index (κ1) is 17.5. The second-order valence-corrected chi connectivity index (χ2v) is 6.17. The molecule has 1 saturated heterocycles. The summed E-state index contributed by atoms with van der Waals surface area (Å²) in [5, 5.41) is 10.1. The molecular weight excluding hydrogens is 344 g/mol. The molecule has 25 heavy (non-hydrogen) atoms. The highest BCUT2D eigenvalue weighted by molar-refractivity contribution is 6.31. The summed E-state index contributed by atoms with van der Waals surface area (Å²) in [5.41, 5.74) is 1.98. The molecule has 1 aromatic carbocycles. The molecule has 1 atom stereocenters. The fraction of sp³-hybridized carbons (Fsp3) is 0.333. The summed E-state index contributed by atoms with van der Waals surface area (Å²) in [6.45, 7) is 1.27. The van der Waals surface area contributed by atoms with Gasteiger partial charge in [0.25, 0.3) is 0 Å². The lowest BCUT2D eigenvalue weighted by atomic mass is 10.1. The summed E-state index contributed by atoms with van der Waals surface area (Å²) >= 11 is 6.09. The number of anilines is 1. The third-order valence-electron chi connectivity index (χ3n) is 4.16. The van der Waals surface area contributed by atoms with Gasteiger partial charge >= 0.3 is 5.97 Å². The van der Waals surface area contributed by atoms with Crippen molar-refractivity contribution in [3.8, 4) is 5.88 Å². The fourth-order valence-corrected chi connectivity index (χ4v) is 3.09. The van der Waals surface area contributed by atoms with Crippen molar-refractivity contribution in [3.05, 3.63) is 52.7 Å². The number of hydrogen-bond acceptors (Lipinski definition) is 6. The molecule has 2 aromatic rings. The van der Waals surface area contributed by atoms with Crippen molar-refractivity contribution >= 4 is 23.3 Å². The molecule has 3 rings (SSSR count). The topological polar surface area (TPSA) is 71.9 Å². The minimum absolute atomic E-state index is 0.0424. The molecule has 2 heterocycles. The number of carbonyl (C=O) groups is 1. The van der Waals surface area contributed by atoms with Crippen LogP contribution in [0.2, 0.25) is 5.02 Å². The molecule has 0 amide bonds. The molecule has 1 N–H and O–H groups in total. The van der Waals surface area contributed by atoms with Crippen molar-refractivity contribution in [1.29, 1.82) is 0 Å². The zero-order valence-electron chi connectivity index (χ0n) is 13.8. The van der Waals surface area contributed by atoms with Crippen LogP contribution in [0.4, 0.5) is 5.69 Å². The second-order valence-electron chi connectivity index (χ2n) is 5.76. The van der Waals surface area contributed by atoms with Crippen molar-refractivity contribution in [2.24, 2.45) is 0 Å². The summed E-state index contributed by atoms with van der Waals surface area (Å²) < 4.78 is 10.6. The zero-order chi connectivity index (χ0) is 17.8. The van der Waals surface area contributed by atoms with Crippen LogP contribution in [0, 0.1) is 0 Å². The highest BCUT2D eigenvalue weighted by Crippen LogP contribution is 2.29. The van der Waals surface area contributed by atoms with Gasteiger partial charge in [-0.05, 0) is 30.3 Å². The van der Waals surface area contributed by atoms with Gasteiger partial charge in [-0.25, -0.2) is 9.78 Å². The minimum Gasteiger partial charge on any atom is -0.471 e. The average Bonchev–Trinajstić information content (AvgIpc) is 3.10. The van der Waals surface area contributed by atoms with Gasteiger partial charge in [-0.15, -0.1) is 0 Å². The Kier molecular flexibility index (Phi) is 5.40. The van der Waals surface area contributed by atoms with Crippen molar-refractivity contribution in [2.75, 3.05) is 25.1 Å². The van der Waals surface area contributed by atoms with Gasteiger partial charge in [0.2, 0.25) is 5.88 Å². The van der Waals surface area contributed by atoms with Gasteiger partial charge in [-0.1, -0.05) is 11.6 Å². The molecule has 132 valence electrons. The highest BCUT2D eigenvalue weighted by atomic mass is 35.5. The van der Waals surface area contributed by atoms with Crippen LogP contribution >= 0.6 is 11.6 Å². The van der Waals surface area contributed by atoms with Gasteiger partial charge in [-0.2, -0.15) is 0 Å². The molecule has 0 spiro atoms. The van der Waals surface area contributed by atoms with Gasteiger partial charge in [0.05, 0.1) is 25.8 Å². The number of benzene rings is 1. The monoisotopic (exact) mass is 362 g/mol. The van der Waals surface area contributed by atoms with Crippen LogP contribution in [0.1, 0.15) is 22.3 Å². The molecule has 0 unspecified atom stereocenters. The fourth-order valence-electron chi connectivity index (χ4n) is 2.92. The highest BCUT2D eigenvalue weighted by Gasteiger charge is 2.27. The summed E-state index contributed by atoms with van der Waals surface area (Å²) in [6, 6.07) is 8.68. The van der Waals surface area contributed by atoms with Crippen molar-refractivity contribution < 1.29 is 19.4 Å². The quantitative estimate of drug-likeness (QED) is 0.824. The van der Waals surface area contributed by atoms with E-state index in [-0.39, 0.29) is 12.7 Å². The van der Waals surface area contributed by atoms with Crippen LogP contribution in [0.3, 0.4) is 0 Å². The Labute approximate surface area is 151 Å². The second kappa shape index (κ2) is 7.72. The predicted octanol–water partition coefficient (Wildman–Crippen LogP) is 2.67. The SMILES string of the molecule is COC(=O)c1ccc(N2CC[C@H](Oc3ncccc3Cl)C2)c(CO)c1. The predicted molar refractivity (Wildman–Crippen MR) is 94.2 cm³/mol. The average molecular weight is 363 g/mol. The number of esters is 1. The maximum atomic E-state index is 11.6. The minimum atomic E-state index is -0.423. The number of aliphatic hydroxyl groups excluding tert-OH is 1. The molecule has 1 aromatic heterocycles. The lowest BCUT2D eigenvalue weighted by molar-refractivity contribution is 0.0600. The molecule has 1 aliphatic heterocycles. The van der Waals surface area contributed by atoms with Crippen molar-refractivity contribution in [3.63, 3.8) is 0 Å². The molecule has 0 saturated carbocycles. The van der Waals surface area contributed by atoms with Gasteiger partial charge in [-0.3, -0.25) is 0 Å². The zero-order valence-corrected chi connectivity index (χ0v) is 14.6. The first-order valence-corrected chi connectivity index (χ1v) is 8.34. The number of aromatic nitrogens is 1. The molecule has 0 bridgehead atoms. The van der Waals surface area contributed by atoms with Crippen LogP contribution in [0.15, 0.2) is 36.5 Å². The van der Waals surface area contributed by atoms with Crippen LogP contribution in [-0.4, -0.2) is 42.4 Å². The van der Waals surface area contributed by atoms with Crippen LogP contribution in [0.25, 0.3) is 0 Å². The lowest BCUT2D eigenvalue weighted by Crippen LogP contribution is -2.25. The summed E-state index contributed by atoms with van der Waals surface area (Å²) in [6.07, 6.45) is 2.42. The van der Waals surface area contributed by atoms with E-state index in [0.717, 1.165) is 18.7 Å². The number of pyridine rings is 1. The van der Waals surface area contributed by atoms with Crippen molar-refractivity contribution in [2.45, 2.75) is 19.1 Å². The number of rotatable bonds is 5. The Morgan fingerprint density at radius 2 is 2.28 bits per heavy atom. The number of hydrogen-bond donors (Lipinski definition) is 1. The van der Waals surface area contributed by atoms with Crippen molar-refractivity contribution in [1.82, 2.24) is 4.98 Å². The third kappa shape index (κ3) is 3.86. The normalized spacial score (nSPS) is 16.8. The van der Waals surface area contributed by atoms with E-state index in [1.54, 1.807) is 30.5 Å². The van der Waals surface area contributed by atoms with Gasteiger partial charge in [0, 0.05) is 30.4 Å². The number of nitrogens with zero attached hydrogens (tertiary/aromatic N) is 2. The Morgan fingerprint density at radius 1 is 1.44 bits per heavy atom. The number of methoxy groups -OCH3 is 1. The molecule has 0 radical (unpaired) electrons. The molecule has 6 nitrogen and oxygen atoms in total. The van der Waals surface area contributed by atoms with Crippen LogP contribution in [0.5, 0.6) is 5.88 Å². The third-order valence-corrected chi connectivity index (χ3v) is 4.45. The van der Waals surface area contributed by atoms with E-state index >= 15 is 0 Å². The molecule has 1 aliphatic rings. The lowest BCUT2D eigenvalue weighted by Gasteiger charge is -2.22. The van der Waals surface area contributed by atoms with Crippen LogP contribution in [-0.2, 0) is 11.3 Å². The molecule has 0 aliphatic carbocycles. The van der Waals surface area contributed by atoms with E-state index in [1.165, 1.54) is 7.11 Å². The van der Waals surface area contributed by atoms with E-state index in [4.69, 9.17) is 21.1 Å². The summed E-state index contributed by atoms with van der Waals surface area (Å²) in [7, 11) is 1.33. The number of carbonyl (C=O) groups excluding carboxylic acids is 1. The smallest absolute Gasteiger partial charge is 0.337 e. The van der Waals surface area contributed by atoms with Gasteiger partial charge in [0.15, 0.2) is 0 Å². The van der Waals surface area contributed by atoms with E-state index in [9.17, 15) is 9.90 Å². The van der Waals surface area contributed by atoms with E-state index in [0.29, 0.717) is 28.6 Å². The standard InChI is InChI=1S/C18H19ClN2O4/c1-24-18(23)12-4-5-16(13(9-12)11-22)21-8-6-14(10-21)25-17-15(19)3-2-7-20-17/h2-5,7,9,14,22H,6,8,10-11H2,1H3/t14-/m0/s1. The Hall–Kier alpha value is -2.31. The molecule has 7 heteroatoms. The Bertz CT molecular complexity index is 768. The largest absolute Gasteiger partial charge is 0.471 e. The number of aliphatic hydroxyl groups is 1. The first-order valence-electron chi connectivity index (χ1n) is 7.96. The van der Waals surface area contributed by atoms with Gasteiger partial charge in [0.1, 0.15) is 11.1 Å². The first-order chi connectivity index (χ1) is 12.1. The van der Waals surface area contributed by atoms with Crippen LogP contribution < -0.4 is 9.64 Å². The molecular formula is C18H19ClN2O4. The summed E-state index contributed by atoms with van der Waals surface area (Å²) in [4.78, 5) is 17.9. The Balaban J connectivity index is 1.73. The van der Waals surface area contributed by atoms with E-state index < -0.39 is 5.97 Å². The summed E-state index contributed by atoms with van der Waals surface area (Å²) in [5.74, 6) is 0.00751. The number of halogens is 1. The number of ether oxygens (including phenoxy) is 2. The molecule has 1 fully saturated rings. The maximum absolute atomic E-state index is 11.6.